The molecule has 0 aliphatic rings. The molecule has 1 aromatic carbocycles. The third-order valence-electron chi connectivity index (χ3n) is 1.26. The van der Waals surface area contributed by atoms with Crippen LogP contribution in [-0.4, -0.2) is 12.2 Å². The fourth-order valence-corrected chi connectivity index (χ4v) is 1.17. The van der Waals surface area contributed by atoms with Gasteiger partial charge in [0.15, 0.2) is 11.5 Å². The van der Waals surface area contributed by atoms with E-state index < -0.39 is 6.85 Å². The highest BCUT2D eigenvalue weighted by molar-refractivity contribution is 9.10. The third kappa shape index (κ3) is 1.66. The largest absolute Gasteiger partial charge is 0.504 e. The summed E-state index contributed by atoms with van der Waals surface area (Å²) < 4.78 is 26.9. The summed E-state index contributed by atoms with van der Waals surface area (Å²) >= 11 is 3.14. The Bertz CT molecular complexity index is 349. The molecule has 1 rings (SSSR count). The van der Waals surface area contributed by atoms with Crippen LogP contribution in [0.15, 0.2) is 16.6 Å². The maximum absolute atomic E-state index is 9.54. The van der Waals surface area contributed by atoms with Crippen LogP contribution in [0.25, 0.3) is 0 Å². The molecule has 0 bridgehead atoms. The average molecular weight is 220 g/mol. The fourth-order valence-electron chi connectivity index (χ4n) is 0.730. The number of methoxy groups -OCH3 is 1. The van der Waals surface area contributed by atoms with Gasteiger partial charge in [-0.3, -0.25) is 0 Å². The van der Waals surface area contributed by atoms with Crippen LogP contribution in [0.1, 0.15) is 9.68 Å². The Morgan fingerprint density at radius 3 is 2.91 bits per heavy atom. The molecule has 0 saturated heterocycles. The zero-order valence-corrected chi connectivity index (χ0v) is 7.47. The molecule has 1 aromatic rings. The maximum atomic E-state index is 9.54. The lowest BCUT2D eigenvalue weighted by molar-refractivity contribution is 0.371. The van der Waals surface area contributed by atoms with E-state index in [1.165, 1.54) is 19.2 Å². The number of rotatable bonds is 1. The van der Waals surface area contributed by atoms with Crippen molar-refractivity contribution < 1.29 is 14.0 Å². The molecular formula is C8H9BrO2. The first-order chi connectivity index (χ1) is 6.36. The third-order valence-corrected chi connectivity index (χ3v) is 1.72. The number of ether oxygens (including phenoxy) is 1. The molecule has 2 nitrogen and oxygen atoms in total. The van der Waals surface area contributed by atoms with Gasteiger partial charge in [-0.2, -0.15) is 0 Å². The van der Waals surface area contributed by atoms with E-state index in [4.69, 9.17) is 8.85 Å². The quantitative estimate of drug-likeness (QED) is 0.787. The van der Waals surface area contributed by atoms with Crippen molar-refractivity contribution in [3.8, 4) is 11.5 Å². The molecule has 0 aliphatic carbocycles. The van der Waals surface area contributed by atoms with Crippen molar-refractivity contribution in [1.82, 2.24) is 0 Å². The SMILES string of the molecule is [2H]C([2H])([2H])c1cc(Br)cc(OC)c1O. The molecule has 0 amide bonds. The summed E-state index contributed by atoms with van der Waals surface area (Å²) in [5.41, 5.74) is -0.122. The van der Waals surface area contributed by atoms with E-state index in [-0.39, 0.29) is 17.1 Å². The molecule has 0 atom stereocenters. The minimum absolute atomic E-state index is 0.122. The van der Waals surface area contributed by atoms with Gasteiger partial charge < -0.3 is 9.84 Å². The number of hydrogen-bond acceptors (Lipinski definition) is 2. The number of benzene rings is 1. The molecule has 0 saturated carbocycles. The van der Waals surface area contributed by atoms with Crippen LogP contribution in [0.2, 0.25) is 0 Å². The minimum atomic E-state index is -2.35. The molecule has 0 unspecified atom stereocenters. The van der Waals surface area contributed by atoms with Gasteiger partial charge in [0.25, 0.3) is 0 Å². The Hall–Kier alpha value is -0.700. The number of aromatic hydroxyl groups is 1. The van der Waals surface area contributed by atoms with Crippen LogP contribution in [-0.2, 0) is 0 Å². The lowest BCUT2D eigenvalue weighted by atomic mass is 10.2. The van der Waals surface area contributed by atoms with Crippen molar-refractivity contribution in [2.24, 2.45) is 0 Å². The average Bonchev–Trinajstić information content (AvgIpc) is 2.06. The molecule has 11 heavy (non-hydrogen) atoms. The molecule has 3 heteroatoms. The van der Waals surface area contributed by atoms with Crippen molar-refractivity contribution in [3.63, 3.8) is 0 Å². The van der Waals surface area contributed by atoms with Crippen LogP contribution in [0.4, 0.5) is 0 Å². The van der Waals surface area contributed by atoms with Crippen LogP contribution < -0.4 is 4.74 Å². The van der Waals surface area contributed by atoms with Crippen LogP contribution in [0.3, 0.4) is 0 Å². The second-order valence-corrected chi connectivity index (χ2v) is 2.92. The number of phenols is 1. The van der Waals surface area contributed by atoms with Gasteiger partial charge in [0.1, 0.15) is 0 Å². The molecule has 0 aromatic heterocycles. The van der Waals surface area contributed by atoms with Crippen molar-refractivity contribution >= 4 is 15.9 Å². The minimum Gasteiger partial charge on any atom is -0.504 e. The van der Waals surface area contributed by atoms with Crippen molar-refractivity contribution in [3.05, 3.63) is 22.2 Å². The van der Waals surface area contributed by atoms with E-state index in [0.717, 1.165) is 0 Å². The van der Waals surface area contributed by atoms with Crippen molar-refractivity contribution in [2.45, 2.75) is 6.85 Å². The van der Waals surface area contributed by atoms with Crippen LogP contribution in [0.5, 0.6) is 11.5 Å². The summed E-state index contributed by atoms with van der Waals surface area (Å²) in [4.78, 5) is 0. The van der Waals surface area contributed by atoms with E-state index in [0.29, 0.717) is 4.47 Å². The van der Waals surface area contributed by atoms with Gasteiger partial charge in [0, 0.05) is 8.58 Å². The normalized spacial score (nSPS) is 14.9. The first kappa shape index (κ1) is 5.04. The Balaban J connectivity index is 3.37. The number of halogens is 1. The zero-order chi connectivity index (χ0) is 10.9. The second kappa shape index (κ2) is 3.13. The predicted octanol–water partition coefficient (Wildman–Crippen LogP) is 2.47. The maximum Gasteiger partial charge on any atom is 0.161 e. The topological polar surface area (TPSA) is 29.5 Å². The lowest BCUT2D eigenvalue weighted by Crippen LogP contribution is -1.85. The standard InChI is InChI=1S/C8H9BrO2/c1-5-3-6(9)4-7(11-2)8(5)10/h3-4,10H,1-2H3/i1D3. The van der Waals surface area contributed by atoms with Crippen LogP contribution >= 0.6 is 15.9 Å². The first-order valence-corrected chi connectivity index (χ1v) is 3.72. The number of phenolic OH excluding ortho intramolecular Hbond substituents is 1. The smallest absolute Gasteiger partial charge is 0.161 e. The van der Waals surface area contributed by atoms with Gasteiger partial charge in [-0.05, 0) is 24.5 Å². The monoisotopic (exact) mass is 219 g/mol. The number of aryl methyl sites for hydroxylation is 1. The van der Waals surface area contributed by atoms with E-state index in [2.05, 4.69) is 15.9 Å². The number of hydrogen-bond donors (Lipinski definition) is 1. The summed E-state index contributed by atoms with van der Waals surface area (Å²) in [6.45, 7) is -2.35. The second-order valence-electron chi connectivity index (χ2n) is 2.00. The van der Waals surface area contributed by atoms with E-state index in [9.17, 15) is 5.11 Å². The molecular weight excluding hydrogens is 208 g/mol. The van der Waals surface area contributed by atoms with Gasteiger partial charge in [-0.15, -0.1) is 0 Å². The fraction of sp³-hybridized carbons (Fsp3) is 0.250. The van der Waals surface area contributed by atoms with Gasteiger partial charge in [0.05, 0.1) is 7.11 Å². The molecule has 0 heterocycles. The first-order valence-electron chi connectivity index (χ1n) is 4.43. The molecule has 1 N–H and O–H groups in total. The highest BCUT2D eigenvalue weighted by atomic mass is 79.9. The molecule has 60 valence electrons. The van der Waals surface area contributed by atoms with E-state index in [1.54, 1.807) is 0 Å². The van der Waals surface area contributed by atoms with Crippen LogP contribution in [0, 0.1) is 6.85 Å². The highest BCUT2D eigenvalue weighted by Gasteiger charge is 2.04. The van der Waals surface area contributed by atoms with E-state index in [1.807, 2.05) is 0 Å². The van der Waals surface area contributed by atoms with Crippen molar-refractivity contribution in [1.29, 1.82) is 0 Å². The summed E-state index contributed by atoms with van der Waals surface area (Å²) in [5, 5.41) is 9.54. The van der Waals surface area contributed by atoms with Gasteiger partial charge in [-0.1, -0.05) is 15.9 Å². The summed E-state index contributed by atoms with van der Waals surface area (Å²) in [6, 6.07) is 2.86. The molecule has 0 radical (unpaired) electrons. The van der Waals surface area contributed by atoms with Crippen molar-refractivity contribution in [2.75, 3.05) is 7.11 Å². The summed E-state index contributed by atoms with van der Waals surface area (Å²) in [5.74, 6) is -0.193. The van der Waals surface area contributed by atoms with Gasteiger partial charge in [0.2, 0.25) is 0 Å². The molecule has 0 aliphatic heterocycles. The molecule has 0 spiro atoms. The predicted molar refractivity (Wildman–Crippen MR) is 47.1 cm³/mol. The molecule has 0 fully saturated rings. The zero-order valence-electron chi connectivity index (χ0n) is 8.89. The Kier molecular flexibility index (Phi) is 1.43. The lowest BCUT2D eigenvalue weighted by Gasteiger charge is -2.05. The Labute approximate surface area is 78.2 Å². The summed E-state index contributed by atoms with van der Waals surface area (Å²) in [7, 11) is 1.37. The van der Waals surface area contributed by atoms with E-state index >= 15 is 0 Å². The summed E-state index contributed by atoms with van der Waals surface area (Å²) in [6.07, 6.45) is 0. The highest BCUT2D eigenvalue weighted by Crippen LogP contribution is 2.32. The Morgan fingerprint density at radius 1 is 1.64 bits per heavy atom. The Morgan fingerprint density at radius 2 is 2.36 bits per heavy atom. The van der Waals surface area contributed by atoms with Gasteiger partial charge >= 0.3 is 0 Å². The van der Waals surface area contributed by atoms with Gasteiger partial charge in [-0.25, -0.2) is 0 Å².